The molecule has 4 amide bonds. The number of carbonyl (C=O) groups excluding carboxylic acids is 3. The van der Waals surface area contributed by atoms with Crippen molar-refractivity contribution in [2.45, 2.75) is 12.5 Å². The Bertz CT molecular complexity index is 948. The lowest BCUT2D eigenvalue weighted by Gasteiger charge is -2.22. The predicted octanol–water partition coefficient (Wildman–Crippen LogP) is 1.47. The van der Waals surface area contributed by atoms with Gasteiger partial charge >= 0.3 is 11.7 Å². The number of nitrogens with zero attached hydrogens (tertiary/aromatic N) is 2. The molecule has 144 valence electrons. The minimum atomic E-state index is -1.33. The van der Waals surface area contributed by atoms with Crippen LogP contribution < -0.4 is 15.5 Å². The molecule has 1 saturated heterocycles. The molecule has 0 aromatic heterocycles. The highest BCUT2D eigenvalue weighted by atomic mass is 16.6. The summed E-state index contributed by atoms with van der Waals surface area (Å²) in [5, 5.41) is 14.1. The number of hydrazine groups is 1. The zero-order chi connectivity index (χ0) is 20.3. The molecule has 0 spiro atoms. The fourth-order valence-corrected chi connectivity index (χ4v) is 2.74. The van der Waals surface area contributed by atoms with Crippen LogP contribution in [0.4, 0.5) is 10.5 Å². The van der Waals surface area contributed by atoms with Gasteiger partial charge in [0, 0.05) is 6.07 Å². The Kier molecular flexibility index (Phi) is 4.94. The Hall–Kier alpha value is -3.95. The molecule has 28 heavy (non-hydrogen) atoms. The van der Waals surface area contributed by atoms with Crippen LogP contribution in [0.3, 0.4) is 0 Å². The van der Waals surface area contributed by atoms with Crippen LogP contribution >= 0.6 is 0 Å². The molecule has 1 atom stereocenters. The summed E-state index contributed by atoms with van der Waals surface area (Å²) in [6.07, 6.45) is 0. The van der Waals surface area contributed by atoms with Crippen molar-refractivity contribution in [2.24, 2.45) is 0 Å². The molecule has 1 heterocycles. The number of para-hydroxylation sites is 2. The smallest absolute Gasteiger partial charge is 0.344 e. The Labute approximate surface area is 159 Å². The highest BCUT2D eigenvalue weighted by Gasteiger charge is 2.49. The van der Waals surface area contributed by atoms with Crippen LogP contribution in [0.5, 0.6) is 5.75 Å². The number of urea groups is 1. The van der Waals surface area contributed by atoms with Gasteiger partial charge in [0.05, 0.1) is 4.92 Å². The maximum Gasteiger partial charge on any atom is 0.344 e. The standard InChI is InChI=1S/C18H16N4O6/c1-18(12-7-3-2-4-8-12)16(24)21(17(25)19-18)20-15(23)11-28-14-10-6-5-9-13(14)22(26)27/h2-10H,11H2,1H3,(H,19,25)(H,20,23). The summed E-state index contributed by atoms with van der Waals surface area (Å²) < 4.78 is 5.15. The number of ether oxygens (including phenoxy) is 1. The van der Waals surface area contributed by atoms with Crippen LogP contribution in [0, 0.1) is 10.1 Å². The second-order valence-corrected chi connectivity index (χ2v) is 6.11. The molecule has 10 nitrogen and oxygen atoms in total. The van der Waals surface area contributed by atoms with Crippen LogP contribution in [0.15, 0.2) is 54.6 Å². The van der Waals surface area contributed by atoms with E-state index in [-0.39, 0.29) is 11.4 Å². The number of carbonyl (C=O) groups is 3. The molecule has 1 fully saturated rings. The van der Waals surface area contributed by atoms with E-state index >= 15 is 0 Å². The molecule has 1 aliphatic rings. The Balaban J connectivity index is 1.67. The summed E-state index contributed by atoms with van der Waals surface area (Å²) >= 11 is 0. The maximum atomic E-state index is 12.7. The van der Waals surface area contributed by atoms with E-state index < -0.39 is 34.9 Å². The summed E-state index contributed by atoms with van der Waals surface area (Å²) in [5.41, 5.74) is 1.08. The number of nitro benzene ring substituents is 1. The van der Waals surface area contributed by atoms with Crippen molar-refractivity contribution in [3.63, 3.8) is 0 Å². The van der Waals surface area contributed by atoms with Crippen LogP contribution in [0.1, 0.15) is 12.5 Å². The third-order valence-electron chi connectivity index (χ3n) is 4.20. The zero-order valence-electron chi connectivity index (χ0n) is 14.7. The van der Waals surface area contributed by atoms with Crippen molar-refractivity contribution in [3.8, 4) is 5.75 Å². The summed E-state index contributed by atoms with van der Waals surface area (Å²) in [6.45, 7) is 0.905. The molecular formula is C18H16N4O6. The van der Waals surface area contributed by atoms with Crippen molar-refractivity contribution in [1.29, 1.82) is 0 Å². The number of hydrogen-bond acceptors (Lipinski definition) is 6. The van der Waals surface area contributed by atoms with Gasteiger partial charge in [-0.05, 0) is 18.6 Å². The van der Waals surface area contributed by atoms with E-state index in [4.69, 9.17) is 4.74 Å². The number of amides is 4. The van der Waals surface area contributed by atoms with Gasteiger partial charge in [-0.1, -0.05) is 42.5 Å². The van der Waals surface area contributed by atoms with E-state index in [1.54, 1.807) is 30.3 Å². The van der Waals surface area contributed by atoms with E-state index in [0.29, 0.717) is 10.6 Å². The van der Waals surface area contributed by atoms with Gasteiger partial charge in [-0.2, -0.15) is 5.01 Å². The maximum absolute atomic E-state index is 12.7. The third-order valence-corrected chi connectivity index (χ3v) is 4.20. The summed E-state index contributed by atoms with van der Waals surface area (Å²) in [7, 11) is 0. The monoisotopic (exact) mass is 384 g/mol. The largest absolute Gasteiger partial charge is 0.477 e. The molecule has 1 unspecified atom stereocenters. The first-order valence-corrected chi connectivity index (χ1v) is 8.21. The van der Waals surface area contributed by atoms with Crippen LogP contribution in [0.2, 0.25) is 0 Å². The van der Waals surface area contributed by atoms with Crippen LogP contribution in [-0.2, 0) is 15.1 Å². The summed E-state index contributed by atoms with van der Waals surface area (Å²) in [4.78, 5) is 47.3. The van der Waals surface area contributed by atoms with Gasteiger partial charge in [0.2, 0.25) is 0 Å². The first kappa shape index (κ1) is 18.8. The lowest BCUT2D eigenvalue weighted by Crippen LogP contribution is -2.49. The molecule has 0 radical (unpaired) electrons. The minimum Gasteiger partial charge on any atom is -0.477 e. The van der Waals surface area contributed by atoms with Gasteiger partial charge in [0.15, 0.2) is 12.4 Å². The van der Waals surface area contributed by atoms with E-state index in [0.717, 1.165) is 0 Å². The first-order valence-electron chi connectivity index (χ1n) is 8.21. The number of imide groups is 1. The normalized spacial score (nSPS) is 18.5. The van der Waals surface area contributed by atoms with Crippen molar-refractivity contribution in [1.82, 2.24) is 15.8 Å². The Morgan fingerprint density at radius 1 is 1.18 bits per heavy atom. The number of rotatable bonds is 6. The van der Waals surface area contributed by atoms with Crippen LogP contribution in [-0.4, -0.2) is 34.4 Å². The summed E-state index contributed by atoms with van der Waals surface area (Å²) in [5.74, 6) is -1.59. The molecule has 0 aliphatic carbocycles. The second-order valence-electron chi connectivity index (χ2n) is 6.11. The number of benzene rings is 2. The SMILES string of the molecule is CC1(c2ccccc2)NC(=O)N(NC(=O)COc2ccccc2[N+](=O)[O-])C1=O. The third kappa shape index (κ3) is 3.47. The number of nitro groups is 1. The lowest BCUT2D eigenvalue weighted by molar-refractivity contribution is -0.385. The topological polar surface area (TPSA) is 131 Å². The molecular weight excluding hydrogens is 368 g/mol. The van der Waals surface area contributed by atoms with Crippen molar-refractivity contribution >= 4 is 23.5 Å². The first-order chi connectivity index (χ1) is 13.3. The fourth-order valence-electron chi connectivity index (χ4n) is 2.74. The zero-order valence-corrected chi connectivity index (χ0v) is 14.7. The average Bonchev–Trinajstić information content (AvgIpc) is 2.91. The van der Waals surface area contributed by atoms with Crippen molar-refractivity contribution in [3.05, 3.63) is 70.3 Å². The number of nitrogens with one attached hydrogen (secondary N) is 2. The van der Waals surface area contributed by atoms with Crippen molar-refractivity contribution < 1.29 is 24.0 Å². The van der Waals surface area contributed by atoms with E-state index in [9.17, 15) is 24.5 Å². The molecule has 2 aromatic rings. The van der Waals surface area contributed by atoms with Gasteiger partial charge in [-0.3, -0.25) is 25.1 Å². The van der Waals surface area contributed by atoms with Gasteiger partial charge in [0.25, 0.3) is 11.8 Å². The molecule has 0 bridgehead atoms. The van der Waals surface area contributed by atoms with E-state index in [1.165, 1.54) is 31.2 Å². The predicted molar refractivity (Wildman–Crippen MR) is 95.9 cm³/mol. The molecule has 10 heteroatoms. The lowest BCUT2D eigenvalue weighted by atomic mass is 9.92. The molecule has 3 rings (SSSR count). The molecule has 0 saturated carbocycles. The van der Waals surface area contributed by atoms with Gasteiger partial charge < -0.3 is 10.1 Å². The Morgan fingerprint density at radius 2 is 1.82 bits per heavy atom. The van der Waals surface area contributed by atoms with Crippen LogP contribution in [0.25, 0.3) is 0 Å². The molecule has 1 aliphatic heterocycles. The minimum absolute atomic E-state index is 0.103. The second kappa shape index (κ2) is 7.35. The van der Waals surface area contributed by atoms with E-state index in [2.05, 4.69) is 10.7 Å². The van der Waals surface area contributed by atoms with Gasteiger partial charge in [0.1, 0.15) is 5.54 Å². The molecule has 2 aromatic carbocycles. The quantitative estimate of drug-likeness (QED) is 0.441. The highest BCUT2D eigenvalue weighted by Crippen LogP contribution is 2.28. The highest BCUT2D eigenvalue weighted by molar-refractivity contribution is 6.08. The molecule has 2 N–H and O–H groups in total. The number of hydrogen-bond donors (Lipinski definition) is 2. The van der Waals surface area contributed by atoms with Crippen molar-refractivity contribution in [2.75, 3.05) is 6.61 Å². The average molecular weight is 384 g/mol. The summed E-state index contributed by atoms with van der Waals surface area (Å²) in [6, 6.07) is 13.3. The van der Waals surface area contributed by atoms with E-state index in [1.807, 2.05) is 0 Å². The fraction of sp³-hybridized carbons (Fsp3) is 0.167. The Morgan fingerprint density at radius 3 is 2.50 bits per heavy atom. The van der Waals surface area contributed by atoms with Gasteiger partial charge in [-0.15, -0.1) is 0 Å². The van der Waals surface area contributed by atoms with Gasteiger partial charge in [-0.25, -0.2) is 4.79 Å².